The number of benzene rings is 1. The van der Waals surface area contributed by atoms with Gasteiger partial charge in [0.15, 0.2) is 5.69 Å². The lowest BCUT2D eigenvalue weighted by molar-refractivity contribution is 0.356. The molecule has 0 N–H and O–H groups in total. The van der Waals surface area contributed by atoms with Crippen LogP contribution in [0.5, 0.6) is 0 Å². The number of hydrogen-bond donors (Lipinski definition) is 0. The van der Waals surface area contributed by atoms with Gasteiger partial charge in [-0.25, -0.2) is 4.98 Å². The molecular formula is C20H18N4O2. The van der Waals surface area contributed by atoms with Crippen LogP contribution in [-0.4, -0.2) is 20.3 Å². The Kier molecular flexibility index (Phi) is 3.38. The Hall–Kier alpha value is -3.02. The molecule has 1 aliphatic rings. The third-order valence-electron chi connectivity index (χ3n) is 4.98. The normalized spacial score (nSPS) is 16.8. The molecule has 5 rings (SSSR count). The Balaban J connectivity index is 1.53. The van der Waals surface area contributed by atoms with Crippen molar-refractivity contribution in [3.63, 3.8) is 0 Å². The molecule has 1 aliphatic carbocycles. The summed E-state index contributed by atoms with van der Waals surface area (Å²) in [6.45, 7) is 4.30. The number of fused-ring (bicyclic) bond motifs is 2. The van der Waals surface area contributed by atoms with Gasteiger partial charge in [-0.2, -0.15) is 0 Å². The molecular weight excluding hydrogens is 328 g/mol. The van der Waals surface area contributed by atoms with Crippen molar-refractivity contribution >= 4 is 10.9 Å². The van der Waals surface area contributed by atoms with Crippen molar-refractivity contribution in [1.82, 2.24) is 20.3 Å². The number of hydrogen-bond acceptors (Lipinski definition) is 6. The number of aryl methyl sites for hydroxylation is 2. The molecule has 26 heavy (non-hydrogen) atoms. The molecule has 0 saturated heterocycles. The lowest BCUT2D eigenvalue weighted by atomic mass is 9.88. The zero-order valence-corrected chi connectivity index (χ0v) is 14.7. The molecule has 1 atom stereocenters. The van der Waals surface area contributed by atoms with E-state index in [9.17, 15) is 0 Å². The Morgan fingerprint density at radius 3 is 2.88 bits per heavy atom. The zero-order chi connectivity index (χ0) is 17.7. The van der Waals surface area contributed by atoms with Crippen molar-refractivity contribution in [2.24, 2.45) is 5.92 Å². The highest BCUT2D eigenvalue weighted by atomic mass is 16.5. The summed E-state index contributed by atoms with van der Waals surface area (Å²) >= 11 is 0. The van der Waals surface area contributed by atoms with E-state index in [1.165, 1.54) is 5.56 Å². The van der Waals surface area contributed by atoms with Gasteiger partial charge >= 0.3 is 0 Å². The first-order chi connectivity index (χ1) is 12.7. The van der Waals surface area contributed by atoms with Gasteiger partial charge in [-0.05, 0) is 43.9 Å². The summed E-state index contributed by atoms with van der Waals surface area (Å²) in [5.74, 6) is 2.33. The van der Waals surface area contributed by atoms with Gasteiger partial charge in [0.1, 0.15) is 11.5 Å². The molecule has 0 spiro atoms. The lowest BCUT2D eigenvalue weighted by Gasteiger charge is -2.15. The average Bonchev–Trinajstić information content (AvgIpc) is 3.27. The van der Waals surface area contributed by atoms with Crippen LogP contribution >= 0.6 is 0 Å². The van der Waals surface area contributed by atoms with E-state index in [2.05, 4.69) is 40.3 Å². The number of rotatable bonds is 2. The predicted molar refractivity (Wildman–Crippen MR) is 96.5 cm³/mol. The van der Waals surface area contributed by atoms with E-state index < -0.39 is 0 Å². The fourth-order valence-electron chi connectivity index (χ4n) is 3.53. The number of pyridine rings is 1. The molecule has 1 aromatic carbocycles. The van der Waals surface area contributed by atoms with Crippen LogP contribution in [0, 0.1) is 12.8 Å². The molecule has 6 nitrogen and oxygen atoms in total. The van der Waals surface area contributed by atoms with Crippen molar-refractivity contribution in [1.29, 1.82) is 0 Å². The van der Waals surface area contributed by atoms with Gasteiger partial charge in [0, 0.05) is 17.4 Å². The molecule has 0 bridgehead atoms. The zero-order valence-electron chi connectivity index (χ0n) is 14.7. The van der Waals surface area contributed by atoms with Crippen molar-refractivity contribution < 1.29 is 8.94 Å². The van der Waals surface area contributed by atoms with Gasteiger partial charge in [-0.15, -0.1) is 10.2 Å². The minimum atomic E-state index is 0.392. The second kappa shape index (κ2) is 5.76. The van der Waals surface area contributed by atoms with E-state index in [-0.39, 0.29) is 0 Å². The van der Waals surface area contributed by atoms with E-state index in [0.29, 0.717) is 29.1 Å². The first-order valence-corrected chi connectivity index (χ1v) is 8.86. The number of nitrogens with zero attached hydrogens (tertiary/aromatic N) is 4. The second-order valence-corrected chi connectivity index (χ2v) is 7.09. The van der Waals surface area contributed by atoms with Crippen LogP contribution in [0.15, 0.2) is 39.3 Å². The minimum Gasteiger partial charge on any atom is -0.413 e. The summed E-state index contributed by atoms with van der Waals surface area (Å²) in [6.07, 6.45) is 2.97. The molecule has 0 amide bonds. The highest BCUT2D eigenvalue weighted by Gasteiger charge is 2.27. The maximum absolute atomic E-state index is 5.88. The average molecular weight is 346 g/mol. The van der Waals surface area contributed by atoms with Gasteiger partial charge in [-0.1, -0.05) is 29.8 Å². The molecule has 3 aromatic heterocycles. The monoisotopic (exact) mass is 346 g/mol. The fraction of sp³-hybridized carbons (Fsp3) is 0.300. The van der Waals surface area contributed by atoms with Crippen LogP contribution in [0.4, 0.5) is 0 Å². The smallest absolute Gasteiger partial charge is 0.270 e. The van der Waals surface area contributed by atoms with E-state index >= 15 is 0 Å². The largest absolute Gasteiger partial charge is 0.413 e. The van der Waals surface area contributed by atoms with Gasteiger partial charge in [-0.3, -0.25) is 0 Å². The van der Waals surface area contributed by atoms with Crippen molar-refractivity contribution in [3.8, 4) is 23.2 Å². The highest BCUT2D eigenvalue weighted by Crippen LogP contribution is 2.33. The summed E-state index contributed by atoms with van der Waals surface area (Å²) < 4.78 is 11.4. The van der Waals surface area contributed by atoms with E-state index in [0.717, 1.165) is 41.5 Å². The highest BCUT2D eigenvalue weighted by molar-refractivity contribution is 5.81. The van der Waals surface area contributed by atoms with Gasteiger partial charge < -0.3 is 8.94 Å². The Labute approximate surface area is 150 Å². The Morgan fingerprint density at radius 1 is 1.08 bits per heavy atom. The van der Waals surface area contributed by atoms with E-state index in [1.54, 1.807) is 0 Å². The third kappa shape index (κ3) is 2.49. The fourth-order valence-corrected chi connectivity index (χ4v) is 3.53. The Bertz CT molecular complexity index is 1110. The summed E-state index contributed by atoms with van der Waals surface area (Å²) in [5, 5.41) is 13.6. The third-order valence-corrected chi connectivity index (χ3v) is 4.98. The second-order valence-electron chi connectivity index (χ2n) is 7.09. The summed E-state index contributed by atoms with van der Waals surface area (Å²) in [5.41, 5.74) is 4.53. The lowest BCUT2D eigenvalue weighted by Crippen LogP contribution is -2.09. The molecule has 130 valence electrons. The molecule has 0 fully saturated rings. The van der Waals surface area contributed by atoms with Crippen LogP contribution in [0.3, 0.4) is 0 Å². The van der Waals surface area contributed by atoms with Gasteiger partial charge in [0.25, 0.3) is 11.8 Å². The molecule has 6 heteroatoms. The quantitative estimate of drug-likeness (QED) is 0.536. The molecule has 0 radical (unpaired) electrons. The maximum Gasteiger partial charge on any atom is 0.270 e. The van der Waals surface area contributed by atoms with Gasteiger partial charge in [0.05, 0.1) is 5.52 Å². The first-order valence-electron chi connectivity index (χ1n) is 8.86. The molecule has 3 heterocycles. The van der Waals surface area contributed by atoms with Crippen LogP contribution in [0.2, 0.25) is 0 Å². The van der Waals surface area contributed by atoms with Crippen molar-refractivity contribution in [2.75, 3.05) is 0 Å². The van der Waals surface area contributed by atoms with E-state index in [4.69, 9.17) is 8.94 Å². The summed E-state index contributed by atoms with van der Waals surface area (Å²) in [7, 11) is 0. The molecule has 1 unspecified atom stereocenters. The van der Waals surface area contributed by atoms with Gasteiger partial charge in [0.2, 0.25) is 0 Å². The van der Waals surface area contributed by atoms with Crippen molar-refractivity contribution in [3.05, 3.63) is 47.2 Å². The van der Waals surface area contributed by atoms with Crippen LogP contribution in [-0.2, 0) is 12.8 Å². The molecule has 0 aliphatic heterocycles. The van der Waals surface area contributed by atoms with Crippen LogP contribution in [0.25, 0.3) is 34.1 Å². The summed E-state index contributed by atoms with van der Waals surface area (Å²) in [4.78, 5) is 4.64. The van der Waals surface area contributed by atoms with Crippen LogP contribution < -0.4 is 0 Å². The van der Waals surface area contributed by atoms with E-state index in [1.807, 2.05) is 24.3 Å². The standard InChI is InChI=1S/C20H18N4O2/c1-11-3-6-15-13(9-11)5-7-16(21-15)19-22-23-20(25-19)18-14-10-12(2)4-8-17(14)26-24-18/h3,5-7,9,12H,4,8,10H2,1-2H3. The Morgan fingerprint density at radius 2 is 1.96 bits per heavy atom. The first kappa shape index (κ1) is 15.3. The van der Waals surface area contributed by atoms with Crippen molar-refractivity contribution in [2.45, 2.75) is 33.1 Å². The maximum atomic E-state index is 5.88. The molecule has 4 aromatic rings. The predicted octanol–water partition coefficient (Wildman–Crippen LogP) is 4.37. The molecule has 0 saturated carbocycles. The number of aromatic nitrogens is 4. The SMILES string of the molecule is Cc1ccc2nc(-c3nnc(-c4noc5c4CC(C)CC5)o3)ccc2c1. The minimum absolute atomic E-state index is 0.392. The summed E-state index contributed by atoms with van der Waals surface area (Å²) in [6, 6.07) is 10.1. The van der Waals surface area contributed by atoms with Crippen LogP contribution in [0.1, 0.15) is 30.2 Å². The topological polar surface area (TPSA) is 77.8 Å².